The molecule has 0 bridgehead atoms. The lowest BCUT2D eigenvalue weighted by atomic mass is 9.88. The number of hydrogen-bond acceptors (Lipinski definition) is 4. The molecule has 2 aromatic rings. The van der Waals surface area contributed by atoms with Gasteiger partial charge in [0.25, 0.3) is 0 Å². The van der Waals surface area contributed by atoms with Crippen molar-refractivity contribution in [2.24, 2.45) is 0 Å². The highest BCUT2D eigenvalue weighted by Crippen LogP contribution is 2.43. The first-order valence-electron chi connectivity index (χ1n) is 10.2. The highest BCUT2D eigenvalue weighted by atomic mass is 32.1. The second-order valence-corrected chi connectivity index (χ2v) is 8.69. The van der Waals surface area contributed by atoms with Crippen LogP contribution in [0.1, 0.15) is 47.4 Å². The monoisotopic (exact) mass is 401 g/mol. The molecular formula is C22H29N2O3S+. The van der Waals surface area contributed by atoms with Gasteiger partial charge in [0.15, 0.2) is 0 Å². The molecule has 1 aliphatic heterocycles. The van der Waals surface area contributed by atoms with E-state index in [0.29, 0.717) is 0 Å². The largest absolute Gasteiger partial charge is 0.496 e. The Morgan fingerprint density at radius 3 is 2.71 bits per heavy atom. The number of quaternary nitrogens is 1. The van der Waals surface area contributed by atoms with Crippen molar-refractivity contribution in [3.63, 3.8) is 0 Å². The summed E-state index contributed by atoms with van der Waals surface area (Å²) in [5.74, 6) is 0.909. The lowest BCUT2D eigenvalue weighted by Gasteiger charge is -2.33. The molecule has 2 heterocycles. The number of nitrogens with one attached hydrogen (secondary N) is 2. The van der Waals surface area contributed by atoms with Crippen LogP contribution in [0.2, 0.25) is 0 Å². The third-order valence-electron chi connectivity index (χ3n) is 5.78. The van der Waals surface area contributed by atoms with Crippen LogP contribution in [-0.4, -0.2) is 39.3 Å². The Bertz CT molecular complexity index is 842. The van der Waals surface area contributed by atoms with E-state index in [0.717, 1.165) is 49.9 Å². The van der Waals surface area contributed by atoms with Crippen molar-refractivity contribution in [2.45, 2.75) is 38.6 Å². The molecule has 6 heteroatoms. The third-order valence-corrected chi connectivity index (χ3v) is 7.01. The van der Waals surface area contributed by atoms with E-state index in [-0.39, 0.29) is 11.9 Å². The summed E-state index contributed by atoms with van der Waals surface area (Å²) in [6, 6.07) is 8.46. The average Bonchev–Trinajstić information content (AvgIpc) is 3.07. The number of morpholine rings is 1. The molecular weight excluding hydrogens is 372 g/mol. The van der Waals surface area contributed by atoms with Crippen molar-refractivity contribution >= 4 is 22.2 Å². The second kappa shape index (κ2) is 8.64. The van der Waals surface area contributed by atoms with Crippen molar-refractivity contribution in [3.05, 3.63) is 45.8 Å². The zero-order valence-corrected chi connectivity index (χ0v) is 17.5. The van der Waals surface area contributed by atoms with E-state index in [1.165, 1.54) is 39.3 Å². The maximum atomic E-state index is 12.0. The summed E-state index contributed by atoms with van der Waals surface area (Å²) in [6.45, 7) is 5.04. The minimum Gasteiger partial charge on any atom is -0.496 e. The van der Waals surface area contributed by atoms with Crippen LogP contribution in [-0.2, 0) is 22.4 Å². The van der Waals surface area contributed by atoms with Gasteiger partial charge in [-0.3, -0.25) is 4.79 Å². The number of carbonyl (C=O) groups excluding carboxylic acids is 1. The Morgan fingerprint density at radius 1 is 1.21 bits per heavy atom. The third kappa shape index (κ3) is 3.81. The summed E-state index contributed by atoms with van der Waals surface area (Å²) >= 11 is 1.77. The minimum atomic E-state index is -0.00407. The number of aryl methyl sites for hydroxylation is 1. The molecule has 1 amide bonds. The molecule has 2 aliphatic rings. The van der Waals surface area contributed by atoms with Crippen LogP contribution >= 0.6 is 11.3 Å². The molecule has 0 spiro atoms. The molecule has 4 rings (SSSR count). The van der Waals surface area contributed by atoms with E-state index in [4.69, 9.17) is 9.47 Å². The maximum Gasteiger partial charge on any atom is 0.221 e. The molecule has 1 aromatic carbocycles. The van der Waals surface area contributed by atoms with E-state index < -0.39 is 0 Å². The van der Waals surface area contributed by atoms with Gasteiger partial charge in [0.05, 0.1) is 31.5 Å². The molecule has 5 nitrogen and oxygen atoms in total. The number of carbonyl (C=O) groups is 1. The molecule has 1 saturated heterocycles. The number of para-hydroxylation sites is 1. The average molecular weight is 402 g/mol. The van der Waals surface area contributed by atoms with E-state index in [1.807, 2.05) is 12.1 Å². The number of hydrogen-bond donors (Lipinski definition) is 2. The fourth-order valence-electron chi connectivity index (χ4n) is 4.56. The number of amides is 1. The molecule has 0 radical (unpaired) electrons. The Labute approximate surface area is 170 Å². The molecule has 0 saturated carbocycles. The van der Waals surface area contributed by atoms with Crippen LogP contribution in [0.5, 0.6) is 5.75 Å². The number of thiophene rings is 1. The topological polar surface area (TPSA) is 52.0 Å². The molecule has 1 atom stereocenters. The van der Waals surface area contributed by atoms with Gasteiger partial charge in [-0.1, -0.05) is 12.1 Å². The predicted octanol–water partition coefficient (Wildman–Crippen LogP) is 2.60. The minimum absolute atomic E-state index is 0.00407. The Hall–Kier alpha value is -1.89. The van der Waals surface area contributed by atoms with Crippen LogP contribution in [0, 0.1) is 0 Å². The summed E-state index contributed by atoms with van der Waals surface area (Å²) in [5.41, 5.74) is 3.95. The highest BCUT2D eigenvalue weighted by molar-refractivity contribution is 7.16. The first-order valence-corrected chi connectivity index (χ1v) is 11.0. The van der Waals surface area contributed by atoms with Gasteiger partial charge >= 0.3 is 0 Å². The summed E-state index contributed by atoms with van der Waals surface area (Å²) in [4.78, 5) is 14.9. The van der Waals surface area contributed by atoms with Crippen molar-refractivity contribution in [1.29, 1.82) is 0 Å². The van der Waals surface area contributed by atoms with Gasteiger partial charge in [0.2, 0.25) is 5.91 Å². The van der Waals surface area contributed by atoms with Gasteiger partial charge in [0.1, 0.15) is 29.9 Å². The zero-order chi connectivity index (χ0) is 19.5. The smallest absolute Gasteiger partial charge is 0.221 e. The van der Waals surface area contributed by atoms with Crippen molar-refractivity contribution < 1.29 is 19.2 Å². The number of benzene rings is 1. The quantitative estimate of drug-likeness (QED) is 0.810. The van der Waals surface area contributed by atoms with E-state index in [9.17, 15) is 4.79 Å². The van der Waals surface area contributed by atoms with E-state index in [2.05, 4.69) is 17.4 Å². The highest BCUT2D eigenvalue weighted by Gasteiger charge is 2.37. The molecule has 1 unspecified atom stereocenters. The lowest BCUT2D eigenvalue weighted by Crippen LogP contribution is -3.14. The standard InChI is InChI=1S/C22H28N2O3S/c1-15(25)23-22-20(17-8-4-6-10-19(17)28-22)21(24-11-13-27-14-12-24)16-7-3-5-9-18(16)26-2/h3,5,7,9,21H,4,6,8,10-14H2,1-2H3,(H,23,25)/p+1. The summed E-state index contributed by atoms with van der Waals surface area (Å²) in [5, 5.41) is 4.17. The van der Waals surface area contributed by atoms with Gasteiger partial charge in [-0.15, -0.1) is 11.3 Å². The van der Waals surface area contributed by atoms with Crippen molar-refractivity contribution in [1.82, 2.24) is 0 Å². The van der Waals surface area contributed by atoms with Crippen molar-refractivity contribution in [2.75, 3.05) is 38.7 Å². The number of anilines is 1. The van der Waals surface area contributed by atoms with Crippen LogP contribution in [0.3, 0.4) is 0 Å². The summed E-state index contributed by atoms with van der Waals surface area (Å²) < 4.78 is 11.4. The predicted molar refractivity (Wildman–Crippen MR) is 112 cm³/mol. The van der Waals surface area contributed by atoms with Gasteiger partial charge in [-0.25, -0.2) is 0 Å². The molecule has 150 valence electrons. The van der Waals surface area contributed by atoms with Gasteiger partial charge in [-0.05, 0) is 43.4 Å². The lowest BCUT2D eigenvalue weighted by molar-refractivity contribution is -0.933. The Balaban J connectivity index is 1.89. The van der Waals surface area contributed by atoms with E-state index in [1.54, 1.807) is 25.4 Å². The second-order valence-electron chi connectivity index (χ2n) is 7.58. The number of methoxy groups -OCH3 is 1. The number of ether oxygens (including phenoxy) is 2. The fourth-order valence-corrected chi connectivity index (χ4v) is 5.93. The van der Waals surface area contributed by atoms with Crippen LogP contribution in [0.4, 0.5) is 5.00 Å². The first kappa shape index (κ1) is 19.4. The molecule has 28 heavy (non-hydrogen) atoms. The Morgan fingerprint density at radius 2 is 1.96 bits per heavy atom. The number of rotatable bonds is 5. The fraction of sp³-hybridized carbons (Fsp3) is 0.500. The summed E-state index contributed by atoms with van der Waals surface area (Å²) in [7, 11) is 1.74. The molecule has 2 N–H and O–H groups in total. The molecule has 1 aromatic heterocycles. The van der Waals surface area contributed by atoms with Crippen LogP contribution < -0.4 is 15.0 Å². The van der Waals surface area contributed by atoms with Gasteiger partial charge in [0, 0.05) is 11.8 Å². The SMILES string of the molecule is COc1ccccc1C(c1c(NC(C)=O)sc2c1CCCC2)[NH+]1CCOCC1. The van der Waals surface area contributed by atoms with E-state index >= 15 is 0 Å². The summed E-state index contributed by atoms with van der Waals surface area (Å²) in [6.07, 6.45) is 4.66. The molecule has 1 aliphatic carbocycles. The Kier molecular flexibility index (Phi) is 5.99. The van der Waals surface area contributed by atoms with Gasteiger partial charge in [-0.2, -0.15) is 0 Å². The zero-order valence-electron chi connectivity index (χ0n) is 16.7. The van der Waals surface area contributed by atoms with Crippen molar-refractivity contribution in [3.8, 4) is 5.75 Å². The maximum absolute atomic E-state index is 12.0. The first-order chi connectivity index (χ1) is 13.7. The molecule has 1 fully saturated rings. The normalized spacial score (nSPS) is 18.4. The number of fused-ring (bicyclic) bond motifs is 1. The van der Waals surface area contributed by atoms with Crippen LogP contribution in [0.15, 0.2) is 24.3 Å². The van der Waals surface area contributed by atoms with Gasteiger partial charge < -0.3 is 19.7 Å². The van der Waals surface area contributed by atoms with Crippen LogP contribution in [0.25, 0.3) is 0 Å².